The lowest BCUT2D eigenvalue weighted by Gasteiger charge is -2.21. The zero-order valence-corrected chi connectivity index (χ0v) is 8.19. The molecule has 2 N–H and O–H groups in total. The average molecular weight is 192 g/mol. The molecular weight excluding hydrogens is 176 g/mol. The molecule has 0 saturated carbocycles. The highest BCUT2D eigenvalue weighted by molar-refractivity contribution is 5.28. The van der Waals surface area contributed by atoms with Crippen LogP contribution in [0.25, 0.3) is 0 Å². The lowest BCUT2D eigenvalue weighted by Crippen LogP contribution is -2.21. The molecule has 1 aromatic rings. The van der Waals surface area contributed by atoms with Crippen LogP contribution in [0, 0.1) is 0 Å². The summed E-state index contributed by atoms with van der Waals surface area (Å²) in [5, 5.41) is 19.3. The van der Waals surface area contributed by atoms with Crippen LogP contribution in [0.5, 0.6) is 0 Å². The molecule has 2 unspecified atom stereocenters. The molecule has 0 spiro atoms. The van der Waals surface area contributed by atoms with E-state index in [4.69, 9.17) is 0 Å². The summed E-state index contributed by atoms with van der Waals surface area (Å²) in [5.41, 5.74) is 2.36. The summed E-state index contributed by atoms with van der Waals surface area (Å²) in [6, 6.07) is 8.05. The van der Waals surface area contributed by atoms with Crippen molar-refractivity contribution in [2.75, 3.05) is 0 Å². The third kappa shape index (κ3) is 2.14. The topological polar surface area (TPSA) is 40.5 Å². The smallest absolute Gasteiger partial charge is 0.0581 e. The van der Waals surface area contributed by atoms with Crippen LogP contribution in [0.15, 0.2) is 24.3 Å². The van der Waals surface area contributed by atoms with Gasteiger partial charge < -0.3 is 10.2 Å². The molecule has 0 heterocycles. The molecular formula is C12H16O2. The van der Waals surface area contributed by atoms with Crippen LogP contribution < -0.4 is 0 Å². The molecule has 0 fully saturated rings. The maximum absolute atomic E-state index is 9.67. The van der Waals surface area contributed by atoms with E-state index in [9.17, 15) is 10.2 Å². The molecule has 0 aromatic heterocycles. The van der Waals surface area contributed by atoms with E-state index in [0.29, 0.717) is 12.8 Å². The summed E-state index contributed by atoms with van der Waals surface area (Å²) >= 11 is 0. The Kier molecular flexibility index (Phi) is 2.85. The van der Waals surface area contributed by atoms with Gasteiger partial charge in [-0.2, -0.15) is 0 Å². The van der Waals surface area contributed by atoms with Crippen molar-refractivity contribution in [3.8, 4) is 0 Å². The van der Waals surface area contributed by atoms with Gasteiger partial charge in [0, 0.05) is 0 Å². The van der Waals surface area contributed by atoms with E-state index < -0.39 is 0 Å². The number of rotatable bonds is 0. The minimum Gasteiger partial charge on any atom is -0.393 e. The van der Waals surface area contributed by atoms with Crippen LogP contribution in [0.4, 0.5) is 0 Å². The Hall–Kier alpha value is -0.860. The van der Waals surface area contributed by atoms with Crippen molar-refractivity contribution in [3.05, 3.63) is 35.4 Å². The Balaban J connectivity index is 2.28. The SMILES string of the molecule is OC1CCC(O)Cc2ccccc2C1. The van der Waals surface area contributed by atoms with Crippen LogP contribution in [0.2, 0.25) is 0 Å². The predicted molar refractivity (Wildman–Crippen MR) is 55.1 cm³/mol. The largest absolute Gasteiger partial charge is 0.393 e. The molecule has 0 saturated heterocycles. The number of fused-ring (bicyclic) bond motifs is 1. The van der Waals surface area contributed by atoms with Crippen molar-refractivity contribution in [1.29, 1.82) is 0 Å². The van der Waals surface area contributed by atoms with Gasteiger partial charge >= 0.3 is 0 Å². The lowest BCUT2D eigenvalue weighted by molar-refractivity contribution is 0.108. The molecule has 2 atom stereocenters. The summed E-state index contributed by atoms with van der Waals surface area (Å²) in [6.07, 6.45) is 2.26. The third-order valence-corrected chi connectivity index (χ3v) is 2.86. The maximum Gasteiger partial charge on any atom is 0.0581 e. The molecule has 2 rings (SSSR count). The monoisotopic (exact) mass is 192 g/mol. The molecule has 1 aromatic carbocycles. The van der Waals surface area contributed by atoms with E-state index >= 15 is 0 Å². The van der Waals surface area contributed by atoms with Gasteiger partial charge in [-0.25, -0.2) is 0 Å². The van der Waals surface area contributed by atoms with Crippen LogP contribution in [-0.2, 0) is 12.8 Å². The molecule has 2 nitrogen and oxygen atoms in total. The molecule has 0 bridgehead atoms. The zero-order valence-electron chi connectivity index (χ0n) is 8.19. The van der Waals surface area contributed by atoms with Gasteiger partial charge in [-0.3, -0.25) is 0 Å². The Labute approximate surface area is 84.2 Å². The van der Waals surface area contributed by atoms with Gasteiger partial charge in [0.1, 0.15) is 0 Å². The number of hydrogen-bond acceptors (Lipinski definition) is 2. The van der Waals surface area contributed by atoms with Crippen molar-refractivity contribution in [3.63, 3.8) is 0 Å². The Morgan fingerprint density at radius 3 is 1.71 bits per heavy atom. The zero-order chi connectivity index (χ0) is 9.97. The molecule has 0 radical (unpaired) electrons. The van der Waals surface area contributed by atoms with Gasteiger partial charge in [0.15, 0.2) is 0 Å². The van der Waals surface area contributed by atoms with Crippen LogP contribution in [-0.4, -0.2) is 22.4 Å². The maximum atomic E-state index is 9.67. The Morgan fingerprint density at radius 2 is 1.29 bits per heavy atom. The second-order valence-electron chi connectivity index (χ2n) is 4.06. The summed E-state index contributed by atoms with van der Waals surface area (Å²) in [4.78, 5) is 0. The van der Waals surface area contributed by atoms with E-state index in [1.54, 1.807) is 0 Å². The highest BCUT2D eigenvalue weighted by Gasteiger charge is 2.17. The van der Waals surface area contributed by atoms with Crippen molar-refractivity contribution >= 4 is 0 Å². The van der Waals surface area contributed by atoms with E-state index in [0.717, 1.165) is 12.8 Å². The second-order valence-corrected chi connectivity index (χ2v) is 4.06. The molecule has 1 aliphatic rings. The van der Waals surface area contributed by atoms with Crippen LogP contribution in [0.1, 0.15) is 24.0 Å². The number of hydrogen-bond donors (Lipinski definition) is 2. The summed E-state index contributed by atoms with van der Waals surface area (Å²) in [7, 11) is 0. The highest BCUT2D eigenvalue weighted by Crippen LogP contribution is 2.20. The normalized spacial score (nSPS) is 27.6. The summed E-state index contributed by atoms with van der Waals surface area (Å²) in [5.74, 6) is 0. The molecule has 1 aliphatic carbocycles. The summed E-state index contributed by atoms with van der Waals surface area (Å²) < 4.78 is 0. The predicted octanol–water partition coefficient (Wildman–Crippen LogP) is 1.29. The fraction of sp³-hybridized carbons (Fsp3) is 0.500. The minimum atomic E-state index is -0.300. The van der Waals surface area contributed by atoms with Crippen molar-refractivity contribution in [1.82, 2.24) is 0 Å². The standard InChI is InChI=1S/C12H16O2/c13-11-5-6-12(14)8-10-4-2-1-3-9(10)7-11/h1-4,11-14H,5-8H2. The van der Waals surface area contributed by atoms with E-state index in [1.807, 2.05) is 24.3 Å². The van der Waals surface area contributed by atoms with Gasteiger partial charge in [-0.15, -0.1) is 0 Å². The quantitative estimate of drug-likeness (QED) is 0.650. The first-order valence-corrected chi connectivity index (χ1v) is 5.18. The molecule has 76 valence electrons. The minimum absolute atomic E-state index is 0.300. The van der Waals surface area contributed by atoms with E-state index in [2.05, 4.69) is 0 Å². The highest BCUT2D eigenvalue weighted by atomic mass is 16.3. The van der Waals surface area contributed by atoms with Crippen molar-refractivity contribution in [2.24, 2.45) is 0 Å². The van der Waals surface area contributed by atoms with Crippen LogP contribution >= 0.6 is 0 Å². The first-order valence-electron chi connectivity index (χ1n) is 5.18. The molecule has 0 amide bonds. The average Bonchev–Trinajstić information content (AvgIpc) is 2.16. The van der Waals surface area contributed by atoms with Crippen LogP contribution in [0.3, 0.4) is 0 Å². The van der Waals surface area contributed by atoms with Crippen molar-refractivity contribution < 1.29 is 10.2 Å². The van der Waals surface area contributed by atoms with E-state index in [-0.39, 0.29) is 12.2 Å². The first kappa shape index (κ1) is 9.69. The molecule has 14 heavy (non-hydrogen) atoms. The number of aliphatic hydroxyl groups is 2. The van der Waals surface area contributed by atoms with Gasteiger partial charge in [0.25, 0.3) is 0 Å². The number of aliphatic hydroxyl groups excluding tert-OH is 2. The fourth-order valence-electron chi connectivity index (χ4n) is 2.05. The Morgan fingerprint density at radius 1 is 0.857 bits per heavy atom. The van der Waals surface area contributed by atoms with Crippen molar-refractivity contribution in [2.45, 2.75) is 37.9 Å². The van der Waals surface area contributed by atoms with Gasteiger partial charge in [0.05, 0.1) is 12.2 Å². The Bertz CT molecular complexity index is 278. The molecule has 2 heteroatoms. The van der Waals surface area contributed by atoms with Gasteiger partial charge in [-0.1, -0.05) is 24.3 Å². The van der Waals surface area contributed by atoms with E-state index in [1.165, 1.54) is 11.1 Å². The molecule has 0 aliphatic heterocycles. The fourth-order valence-corrected chi connectivity index (χ4v) is 2.05. The summed E-state index contributed by atoms with van der Waals surface area (Å²) in [6.45, 7) is 0. The van der Waals surface area contributed by atoms with Gasteiger partial charge in [0.2, 0.25) is 0 Å². The second kappa shape index (κ2) is 4.11. The van der Waals surface area contributed by atoms with Gasteiger partial charge in [-0.05, 0) is 36.8 Å². The third-order valence-electron chi connectivity index (χ3n) is 2.86. The number of benzene rings is 1. The first-order chi connectivity index (χ1) is 6.75. The lowest BCUT2D eigenvalue weighted by atomic mass is 9.90.